The molecule has 0 unspecified atom stereocenters. The molecule has 2 amide bonds. The standard InChI is InChI=1S/C25H26ClN5O4/c1-14-5-6-16(10-19(14)24(27)35)4-3-8-30(15(2)32)12-17-11-20(22(34)21(17)33)31-9-7-18-23(26)28-13-29-25(18)31/h5-7,9-10,13,17,20-22,33-34H,8,11-12H2,1-2H3,(H2,27,35)/t17-,20-,21-,22+/m1/s1. The Morgan fingerprint density at radius 3 is 2.74 bits per heavy atom. The van der Waals surface area contributed by atoms with E-state index in [4.69, 9.17) is 17.3 Å². The number of aromatic nitrogens is 3. The topological polar surface area (TPSA) is 135 Å². The van der Waals surface area contributed by atoms with E-state index in [2.05, 4.69) is 21.8 Å². The van der Waals surface area contributed by atoms with Gasteiger partial charge in [-0.15, -0.1) is 0 Å². The third kappa shape index (κ3) is 5.00. The number of nitrogens with zero attached hydrogens (tertiary/aromatic N) is 4. The van der Waals surface area contributed by atoms with Crippen molar-refractivity contribution in [2.24, 2.45) is 11.7 Å². The predicted octanol–water partition coefficient (Wildman–Crippen LogP) is 1.68. The average molecular weight is 496 g/mol. The largest absolute Gasteiger partial charge is 0.390 e. The van der Waals surface area contributed by atoms with Crippen LogP contribution in [0, 0.1) is 24.7 Å². The Hall–Kier alpha value is -3.45. The first-order chi connectivity index (χ1) is 16.7. The number of benzene rings is 1. The molecule has 2 heterocycles. The van der Waals surface area contributed by atoms with Crippen LogP contribution in [-0.4, -0.2) is 66.8 Å². The van der Waals surface area contributed by atoms with E-state index in [1.807, 2.05) is 0 Å². The molecule has 1 saturated carbocycles. The lowest BCUT2D eigenvalue weighted by molar-refractivity contribution is -0.129. The fraction of sp³-hybridized carbons (Fsp3) is 0.360. The molecule has 35 heavy (non-hydrogen) atoms. The molecule has 0 bridgehead atoms. The summed E-state index contributed by atoms with van der Waals surface area (Å²) in [6, 6.07) is 6.52. The molecule has 4 N–H and O–H groups in total. The highest BCUT2D eigenvalue weighted by atomic mass is 35.5. The van der Waals surface area contributed by atoms with Gasteiger partial charge in [-0.05, 0) is 37.1 Å². The van der Waals surface area contributed by atoms with E-state index in [-0.39, 0.29) is 24.9 Å². The predicted molar refractivity (Wildman–Crippen MR) is 131 cm³/mol. The first kappa shape index (κ1) is 24.7. The Balaban J connectivity index is 1.48. The average Bonchev–Trinajstić information content (AvgIpc) is 3.36. The lowest BCUT2D eigenvalue weighted by atomic mass is 10.0. The Labute approximate surface area is 207 Å². The van der Waals surface area contributed by atoms with Crippen LogP contribution in [0.2, 0.25) is 5.15 Å². The second-order valence-electron chi connectivity index (χ2n) is 8.76. The number of amides is 2. The van der Waals surface area contributed by atoms with Crippen molar-refractivity contribution in [1.82, 2.24) is 19.4 Å². The number of aryl methyl sites for hydroxylation is 1. The van der Waals surface area contributed by atoms with E-state index in [1.54, 1.807) is 42.0 Å². The van der Waals surface area contributed by atoms with Crippen LogP contribution in [-0.2, 0) is 4.79 Å². The number of carbonyl (C=O) groups is 2. The summed E-state index contributed by atoms with van der Waals surface area (Å²) in [5.74, 6) is 4.83. The van der Waals surface area contributed by atoms with Gasteiger partial charge < -0.3 is 25.4 Å². The molecule has 182 valence electrons. The fourth-order valence-corrected chi connectivity index (χ4v) is 4.74. The third-order valence-corrected chi connectivity index (χ3v) is 6.80. The highest BCUT2D eigenvalue weighted by Crippen LogP contribution is 2.38. The molecule has 1 aromatic carbocycles. The van der Waals surface area contributed by atoms with E-state index < -0.39 is 24.2 Å². The van der Waals surface area contributed by atoms with Crippen LogP contribution in [0.3, 0.4) is 0 Å². The van der Waals surface area contributed by atoms with Crippen molar-refractivity contribution in [3.05, 3.63) is 58.6 Å². The molecular weight excluding hydrogens is 470 g/mol. The van der Waals surface area contributed by atoms with Crippen LogP contribution < -0.4 is 5.73 Å². The summed E-state index contributed by atoms with van der Waals surface area (Å²) in [7, 11) is 0. The van der Waals surface area contributed by atoms with Gasteiger partial charge in [0.25, 0.3) is 0 Å². The van der Waals surface area contributed by atoms with Crippen molar-refractivity contribution in [1.29, 1.82) is 0 Å². The molecule has 4 atom stereocenters. The lowest BCUT2D eigenvalue weighted by Crippen LogP contribution is -2.38. The molecule has 1 aliphatic carbocycles. The summed E-state index contributed by atoms with van der Waals surface area (Å²) in [4.78, 5) is 33.6. The fourth-order valence-electron chi connectivity index (χ4n) is 4.55. The Morgan fingerprint density at radius 2 is 2.03 bits per heavy atom. The van der Waals surface area contributed by atoms with Crippen molar-refractivity contribution in [2.45, 2.75) is 38.5 Å². The summed E-state index contributed by atoms with van der Waals surface area (Å²) in [5.41, 5.74) is 7.76. The number of hydrogen-bond donors (Lipinski definition) is 3. The van der Waals surface area contributed by atoms with Crippen LogP contribution in [0.25, 0.3) is 11.0 Å². The summed E-state index contributed by atoms with van der Waals surface area (Å²) in [6.07, 6.45) is 1.49. The van der Waals surface area contributed by atoms with Gasteiger partial charge in [0.15, 0.2) is 0 Å². The highest BCUT2D eigenvalue weighted by Gasteiger charge is 2.43. The monoisotopic (exact) mass is 495 g/mol. The maximum atomic E-state index is 12.3. The molecule has 9 nitrogen and oxygen atoms in total. The van der Waals surface area contributed by atoms with Crippen molar-refractivity contribution < 1.29 is 19.8 Å². The molecule has 3 aromatic rings. The van der Waals surface area contributed by atoms with E-state index in [1.165, 1.54) is 18.2 Å². The van der Waals surface area contributed by atoms with Gasteiger partial charge in [0.05, 0.1) is 24.1 Å². The highest BCUT2D eigenvalue weighted by molar-refractivity contribution is 6.33. The quantitative estimate of drug-likeness (QED) is 0.364. The molecular formula is C25H26ClN5O4. The summed E-state index contributed by atoms with van der Waals surface area (Å²) < 4.78 is 1.79. The van der Waals surface area contributed by atoms with E-state index >= 15 is 0 Å². The number of carbonyl (C=O) groups excluding carboxylic acids is 2. The maximum absolute atomic E-state index is 12.3. The minimum Gasteiger partial charge on any atom is -0.390 e. The molecule has 4 rings (SSSR count). The van der Waals surface area contributed by atoms with Gasteiger partial charge >= 0.3 is 0 Å². The minimum atomic E-state index is -1.04. The Bertz CT molecular complexity index is 1340. The zero-order valence-electron chi connectivity index (χ0n) is 19.3. The first-order valence-corrected chi connectivity index (χ1v) is 11.5. The number of aliphatic hydroxyl groups excluding tert-OH is 2. The third-order valence-electron chi connectivity index (χ3n) is 6.50. The van der Waals surface area contributed by atoms with Gasteiger partial charge in [0.1, 0.15) is 23.2 Å². The number of fused-ring (bicyclic) bond motifs is 1. The van der Waals surface area contributed by atoms with Crippen LogP contribution >= 0.6 is 11.6 Å². The van der Waals surface area contributed by atoms with Gasteiger partial charge in [-0.1, -0.05) is 29.5 Å². The molecule has 0 radical (unpaired) electrons. The number of halogens is 1. The summed E-state index contributed by atoms with van der Waals surface area (Å²) in [6.45, 7) is 3.59. The number of nitrogens with two attached hydrogens (primary N) is 1. The summed E-state index contributed by atoms with van der Waals surface area (Å²) >= 11 is 6.14. The minimum absolute atomic E-state index is 0.133. The van der Waals surface area contributed by atoms with Gasteiger partial charge in [-0.3, -0.25) is 9.59 Å². The van der Waals surface area contributed by atoms with E-state index in [9.17, 15) is 19.8 Å². The summed E-state index contributed by atoms with van der Waals surface area (Å²) in [5, 5.41) is 22.5. The Kier molecular flexibility index (Phi) is 7.08. The van der Waals surface area contributed by atoms with E-state index in [0.717, 1.165) is 5.56 Å². The van der Waals surface area contributed by atoms with Gasteiger partial charge in [-0.2, -0.15) is 0 Å². The smallest absolute Gasteiger partial charge is 0.249 e. The van der Waals surface area contributed by atoms with Crippen LogP contribution in [0.4, 0.5) is 0 Å². The van der Waals surface area contributed by atoms with Crippen molar-refractivity contribution >= 4 is 34.4 Å². The number of aliphatic hydroxyl groups is 2. The first-order valence-electron chi connectivity index (χ1n) is 11.2. The lowest BCUT2D eigenvalue weighted by Gasteiger charge is -2.24. The van der Waals surface area contributed by atoms with Crippen molar-refractivity contribution in [3.63, 3.8) is 0 Å². The van der Waals surface area contributed by atoms with Crippen LogP contribution in [0.5, 0.6) is 0 Å². The zero-order valence-corrected chi connectivity index (χ0v) is 20.1. The van der Waals surface area contributed by atoms with Crippen molar-refractivity contribution in [2.75, 3.05) is 13.1 Å². The molecule has 0 aliphatic heterocycles. The molecule has 0 saturated heterocycles. The molecule has 10 heteroatoms. The molecule has 1 fully saturated rings. The normalized spacial score (nSPS) is 21.5. The van der Waals surface area contributed by atoms with Crippen LogP contribution in [0.1, 0.15) is 40.9 Å². The second-order valence-corrected chi connectivity index (χ2v) is 9.12. The SMILES string of the molecule is CC(=O)N(CC#Cc1ccc(C)c(C(N)=O)c1)C[C@H]1C[C@@H](n2ccc3c(Cl)ncnc32)[C@H](O)[C@@H]1O. The van der Waals surface area contributed by atoms with Gasteiger partial charge in [0.2, 0.25) is 11.8 Å². The van der Waals surface area contributed by atoms with E-state index in [0.29, 0.717) is 33.7 Å². The number of hydrogen-bond acceptors (Lipinski definition) is 6. The maximum Gasteiger partial charge on any atom is 0.249 e. The van der Waals surface area contributed by atoms with Crippen molar-refractivity contribution in [3.8, 4) is 11.8 Å². The van der Waals surface area contributed by atoms with Gasteiger partial charge in [-0.25, -0.2) is 9.97 Å². The number of primary amides is 1. The number of rotatable bonds is 5. The molecule has 0 spiro atoms. The van der Waals surface area contributed by atoms with Gasteiger partial charge in [0, 0.05) is 36.7 Å². The second kappa shape index (κ2) is 10.0. The molecule has 2 aromatic heterocycles. The zero-order chi connectivity index (χ0) is 25.3. The Morgan fingerprint density at radius 1 is 1.26 bits per heavy atom. The van der Waals surface area contributed by atoms with Crippen LogP contribution in [0.15, 0.2) is 36.8 Å². The molecule has 1 aliphatic rings.